The summed E-state index contributed by atoms with van der Waals surface area (Å²) >= 11 is 0. The molecule has 0 aliphatic carbocycles. The first kappa shape index (κ1) is 32.7. The summed E-state index contributed by atoms with van der Waals surface area (Å²) in [6.07, 6.45) is 0.355. The van der Waals surface area contributed by atoms with Gasteiger partial charge in [0.1, 0.15) is 18.3 Å². The summed E-state index contributed by atoms with van der Waals surface area (Å²) in [5.41, 5.74) is 3.68. The van der Waals surface area contributed by atoms with E-state index in [0.29, 0.717) is 30.0 Å². The van der Waals surface area contributed by atoms with Crippen molar-refractivity contribution in [3.05, 3.63) is 89.0 Å². The van der Waals surface area contributed by atoms with E-state index in [1.165, 1.54) is 9.21 Å². The molecule has 1 N–H and O–H groups in total. The van der Waals surface area contributed by atoms with Gasteiger partial charge in [0, 0.05) is 13.1 Å². The summed E-state index contributed by atoms with van der Waals surface area (Å²) in [7, 11) is -2.57. The Hall–Kier alpha value is -3.85. The Bertz CT molecular complexity index is 1490. The summed E-state index contributed by atoms with van der Waals surface area (Å²) in [5.74, 6) is 0.0904. The quantitative estimate of drug-likeness (QED) is 0.287. The molecule has 226 valence electrons. The van der Waals surface area contributed by atoms with Gasteiger partial charge in [0.2, 0.25) is 11.8 Å². The van der Waals surface area contributed by atoms with Crippen molar-refractivity contribution >= 4 is 27.5 Å². The Balaban J connectivity index is 2.10. The van der Waals surface area contributed by atoms with Gasteiger partial charge < -0.3 is 15.0 Å². The molecular formula is C33H43N3O5S. The zero-order valence-corrected chi connectivity index (χ0v) is 26.5. The standard InChI is InChI=1S/C33H43N3O5S/c1-8-30(33(38)34-20-23(2)3)35(21-27-10-9-11-28(19-27)41-7)32(37)22-36(31-18-25(5)12-15-26(31)6)42(39,40)29-16-13-24(4)14-17-29/h9-19,23,30H,8,20-22H2,1-7H3,(H,34,38)/t30-/m0/s1. The van der Waals surface area contributed by atoms with Gasteiger partial charge in [-0.1, -0.05) is 62.7 Å². The van der Waals surface area contributed by atoms with Gasteiger partial charge in [0.15, 0.2) is 0 Å². The molecule has 0 unspecified atom stereocenters. The highest BCUT2D eigenvalue weighted by Gasteiger charge is 2.34. The van der Waals surface area contributed by atoms with Gasteiger partial charge in [0.25, 0.3) is 10.0 Å². The second-order valence-corrected chi connectivity index (χ2v) is 12.9. The third-order valence-electron chi connectivity index (χ3n) is 7.08. The Morgan fingerprint density at radius 1 is 0.929 bits per heavy atom. The predicted octanol–water partition coefficient (Wildman–Crippen LogP) is 5.40. The van der Waals surface area contributed by atoms with Crippen LogP contribution in [0.15, 0.2) is 71.6 Å². The number of carbonyl (C=O) groups is 2. The van der Waals surface area contributed by atoms with Crippen LogP contribution in [0.4, 0.5) is 5.69 Å². The van der Waals surface area contributed by atoms with Crippen molar-refractivity contribution in [2.45, 2.75) is 65.4 Å². The molecular weight excluding hydrogens is 550 g/mol. The highest BCUT2D eigenvalue weighted by molar-refractivity contribution is 7.92. The minimum Gasteiger partial charge on any atom is -0.497 e. The van der Waals surface area contributed by atoms with Crippen molar-refractivity contribution < 1.29 is 22.7 Å². The van der Waals surface area contributed by atoms with Gasteiger partial charge >= 0.3 is 0 Å². The largest absolute Gasteiger partial charge is 0.497 e. The van der Waals surface area contributed by atoms with Crippen LogP contribution < -0.4 is 14.4 Å². The first-order chi connectivity index (χ1) is 19.9. The number of nitrogens with one attached hydrogen (secondary N) is 1. The molecule has 0 saturated carbocycles. The zero-order chi connectivity index (χ0) is 31.0. The van der Waals surface area contributed by atoms with Gasteiger partial charge in [-0.25, -0.2) is 8.42 Å². The molecule has 3 aromatic rings. The summed E-state index contributed by atoms with van der Waals surface area (Å²) in [6, 6.07) is 18.6. The Labute approximate surface area is 250 Å². The minimum absolute atomic E-state index is 0.0860. The number of hydrogen-bond donors (Lipinski definition) is 1. The molecule has 8 nitrogen and oxygen atoms in total. The fraction of sp³-hybridized carbons (Fsp3) is 0.394. The van der Waals surface area contributed by atoms with Crippen molar-refractivity contribution in [1.29, 1.82) is 0 Å². The van der Waals surface area contributed by atoms with Crippen LogP contribution in [-0.4, -0.2) is 51.4 Å². The Morgan fingerprint density at radius 2 is 1.60 bits per heavy atom. The maximum absolute atomic E-state index is 14.3. The fourth-order valence-corrected chi connectivity index (χ4v) is 6.12. The third kappa shape index (κ3) is 8.12. The van der Waals surface area contributed by atoms with E-state index in [9.17, 15) is 18.0 Å². The summed E-state index contributed by atoms with van der Waals surface area (Å²) in [6.45, 7) is 11.5. The van der Waals surface area contributed by atoms with Crippen LogP contribution in [0.25, 0.3) is 0 Å². The zero-order valence-electron chi connectivity index (χ0n) is 25.7. The number of aryl methyl sites for hydroxylation is 3. The summed E-state index contributed by atoms with van der Waals surface area (Å²) < 4.78 is 34.8. The smallest absolute Gasteiger partial charge is 0.264 e. The number of ether oxygens (including phenoxy) is 1. The van der Waals surface area contributed by atoms with Crippen LogP contribution in [0.5, 0.6) is 5.75 Å². The molecule has 0 aliphatic rings. The van der Waals surface area contributed by atoms with E-state index in [-0.39, 0.29) is 23.3 Å². The lowest BCUT2D eigenvalue weighted by Gasteiger charge is -2.34. The molecule has 0 aliphatic heterocycles. The SMILES string of the molecule is CC[C@@H](C(=O)NCC(C)C)N(Cc1cccc(OC)c1)C(=O)CN(c1cc(C)ccc1C)S(=O)(=O)c1ccc(C)cc1. The lowest BCUT2D eigenvalue weighted by Crippen LogP contribution is -2.52. The second kappa shape index (κ2) is 14.4. The van der Waals surface area contributed by atoms with E-state index in [4.69, 9.17) is 4.74 Å². The minimum atomic E-state index is -4.13. The molecule has 0 saturated heterocycles. The van der Waals surface area contributed by atoms with Gasteiger partial charge in [0.05, 0.1) is 17.7 Å². The van der Waals surface area contributed by atoms with E-state index in [2.05, 4.69) is 5.32 Å². The number of nitrogens with zero attached hydrogens (tertiary/aromatic N) is 2. The molecule has 9 heteroatoms. The van der Waals surface area contributed by atoms with Gasteiger partial charge in [-0.05, 0) is 80.1 Å². The number of hydrogen-bond acceptors (Lipinski definition) is 5. The number of benzene rings is 3. The molecule has 1 atom stereocenters. The maximum Gasteiger partial charge on any atom is 0.264 e. The molecule has 42 heavy (non-hydrogen) atoms. The van der Waals surface area contributed by atoms with Crippen molar-refractivity contribution in [3.8, 4) is 5.75 Å². The van der Waals surface area contributed by atoms with Crippen LogP contribution in [0.2, 0.25) is 0 Å². The van der Waals surface area contributed by atoms with E-state index in [1.807, 2.05) is 71.9 Å². The molecule has 2 amide bonds. The van der Waals surface area contributed by atoms with Crippen LogP contribution in [-0.2, 0) is 26.2 Å². The Kier molecular flexibility index (Phi) is 11.2. The number of sulfonamides is 1. The summed E-state index contributed by atoms with van der Waals surface area (Å²) in [4.78, 5) is 29.2. The van der Waals surface area contributed by atoms with Crippen molar-refractivity contribution in [1.82, 2.24) is 10.2 Å². The molecule has 3 rings (SSSR count). The van der Waals surface area contributed by atoms with E-state index < -0.39 is 28.5 Å². The predicted molar refractivity (Wildman–Crippen MR) is 167 cm³/mol. The van der Waals surface area contributed by atoms with E-state index in [1.54, 1.807) is 43.5 Å². The molecule has 0 bridgehead atoms. The lowest BCUT2D eigenvalue weighted by atomic mass is 10.1. The number of anilines is 1. The molecule has 0 spiro atoms. The number of rotatable bonds is 13. The van der Waals surface area contributed by atoms with Gasteiger partial charge in [-0.15, -0.1) is 0 Å². The van der Waals surface area contributed by atoms with Crippen molar-refractivity contribution in [2.75, 3.05) is 24.5 Å². The van der Waals surface area contributed by atoms with E-state index in [0.717, 1.165) is 16.7 Å². The van der Waals surface area contributed by atoms with Crippen LogP contribution in [0.1, 0.15) is 49.4 Å². The van der Waals surface area contributed by atoms with Crippen molar-refractivity contribution in [2.24, 2.45) is 5.92 Å². The third-order valence-corrected chi connectivity index (χ3v) is 8.85. The molecule has 3 aromatic carbocycles. The van der Waals surface area contributed by atoms with Gasteiger partial charge in [-0.3, -0.25) is 13.9 Å². The monoisotopic (exact) mass is 593 g/mol. The number of amides is 2. The first-order valence-electron chi connectivity index (χ1n) is 14.2. The number of methoxy groups -OCH3 is 1. The Morgan fingerprint density at radius 3 is 2.21 bits per heavy atom. The molecule has 0 radical (unpaired) electrons. The first-order valence-corrected chi connectivity index (χ1v) is 15.7. The average molecular weight is 594 g/mol. The van der Waals surface area contributed by atoms with Crippen molar-refractivity contribution in [3.63, 3.8) is 0 Å². The number of carbonyl (C=O) groups excluding carboxylic acids is 2. The highest BCUT2D eigenvalue weighted by atomic mass is 32.2. The van der Waals surface area contributed by atoms with Crippen LogP contribution in [0.3, 0.4) is 0 Å². The average Bonchev–Trinajstić information content (AvgIpc) is 2.96. The van der Waals surface area contributed by atoms with Gasteiger partial charge in [-0.2, -0.15) is 0 Å². The highest BCUT2D eigenvalue weighted by Crippen LogP contribution is 2.29. The fourth-order valence-electron chi connectivity index (χ4n) is 4.65. The normalized spacial score (nSPS) is 12.1. The van der Waals surface area contributed by atoms with Crippen LogP contribution in [0, 0.1) is 26.7 Å². The lowest BCUT2D eigenvalue weighted by molar-refractivity contribution is -0.140. The van der Waals surface area contributed by atoms with Crippen LogP contribution >= 0.6 is 0 Å². The summed E-state index contributed by atoms with van der Waals surface area (Å²) in [5, 5.41) is 2.95. The second-order valence-electron chi connectivity index (χ2n) is 11.1. The molecule has 0 fully saturated rings. The van der Waals surface area contributed by atoms with E-state index >= 15 is 0 Å². The molecule has 0 aromatic heterocycles. The molecule has 0 heterocycles. The maximum atomic E-state index is 14.3. The topological polar surface area (TPSA) is 96.0 Å².